The number of halogens is 1. The van der Waals surface area contributed by atoms with Crippen molar-refractivity contribution in [3.63, 3.8) is 0 Å². The van der Waals surface area contributed by atoms with E-state index in [1.165, 1.54) is 4.90 Å². The summed E-state index contributed by atoms with van der Waals surface area (Å²) in [5, 5.41) is 2.94. The number of amides is 2. The molecule has 1 atom stereocenters. The van der Waals surface area contributed by atoms with E-state index in [2.05, 4.69) is 27.9 Å². The van der Waals surface area contributed by atoms with Gasteiger partial charge in [0.1, 0.15) is 12.6 Å². The summed E-state index contributed by atoms with van der Waals surface area (Å²) in [6, 6.07) is 23.3. The second kappa shape index (κ2) is 13.7. The Morgan fingerprint density at radius 3 is 2.18 bits per heavy atom. The van der Waals surface area contributed by atoms with Crippen LogP contribution in [0.1, 0.15) is 30.0 Å². The number of nitrogens with one attached hydrogen (secondary N) is 1. The van der Waals surface area contributed by atoms with Crippen LogP contribution in [0.5, 0.6) is 0 Å². The summed E-state index contributed by atoms with van der Waals surface area (Å²) in [4.78, 5) is 29.0. The fraction of sp³-hybridized carbons (Fsp3) is 0.310. The van der Waals surface area contributed by atoms with E-state index < -0.39 is 28.5 Å². The lowest BCUT2D eigenvalue weighted by atomic mass is 10.0. The zero-order valence-corrected chi connectivity index (χ0v) is 24.9. The van der Waals surface area contributed by atoms with Crippen molar-refractivity contribution < 1.29 is 18.0 Å². The van der Waals surface area contributed by atoms with E-state index in [4.69, 9.17) is 0 Å². The van der Waals surface area contributed by atoms with Crippen molar-refractivity contribution in [3.8, 4) is 0 Å². The van der Waals surface area contributed by atoms with Crippen LogP contribution in [-0.2, 0) is 32.6 Å². The number of hydrogen-bond donors (Lipinski definition) is 1. The van der Waals surface area contributed by atoms with Crippen LogP contribution in [0.2, 0.25) is 0 Å². The summed E-state index contributed by atoms with van der Waals surface area (Å²) in [5.41, 5.74) is 3.18. The molecule has 3 aromatic rings. The molecule has 7 nitrogen and oxygen atoms in total. The molecule has 0 spiro atoms. The van der Waals surface area contributed by atoms with E-state index in [-0.39, 0.29) is 12.5 Å². The van der Waals surface area contributed by atoms with Crippen LogP contribution in [0.4, 0.5) is 5.69 Å². The van der Waals surface area contributed by atoms with Gasteiger partial charge in [-0.25, -0.2) is 8.42 Å². The van der Waals surface area contributed by atoms with E-state index in [9.17, 15) is 18.0 Å². The highest BCUT2D eigenvalue weighted by Crippen LogP contribution is 2.22. The average Bonchev–Trinajstić information content (AvgIpc) is 2.89. The number of carbonyl (C=O) groups excluding carboxylic acids is 2. The third-order valence-electron chi connectivity index (χ3n) is 6.22. The summed E-state index contributed by atoms with van der Waals surface area (Å²) in [6.45, 7) is 4.16. The largest absolute Gasteiger partial charge is 0.354 e. The van der Waals surface area contributed by atoms with Gasteiger partial charge in [-0.2, -0.15) is 0 Å². The zero-order chi connectivity index (χ0) is 27.7. The second-order valence-corrected chi connectivity index (χ2v) is 12.3. The van der Waals surface area contributed by atoms with Gasteiger partial charge in [0.2, 0.25) is 21.8 Å². The molecular weight excluding hydrogens is 613 g/mol. The maximum absolute atomic E-state index is 14.0. The van der Waals surface area contributed by atoms with Crippen LogP contribution >= 0.6 is 22.6 Å². The maximum Gasteiger partial charge on any atom is 0.244 e. The van der Waals surface area contributed by atoms with Gasteiger partial charge in [-0.3, -0.25) is 13.9 Å². The number of rotatable bonds is 12. The summed E-state index contributed by atoms with van der Waals surface area (Å²) < 4.78 is 27.6. The predicted molar refractivity (Wildman–Crippen MR) is 160 cm³/mol. The minimum atomic E-state index is -3.78. The van der Waals surface area contributed by atoms with Gasteiger partial charge in [0.25, 0.3) is 0 Å². The maximum atomic E-state index is 14.0. The normalized spacial score (nSPS) is 12.0. The van der Waals surface area contributed by atoms with Crippen LogP contribution in [0, 0.1) is 10.5 Å². The molecule has 0 radical (unpaired) electrons. The molecule has 202 valence electrons. The highest BCUT2D eigenvalue weighted by Gasteiger charge is 2.33. The first kappa shape index (κ1) is 29.6. The van der Waals surface area contributed by atoms with Crippen LogP contribution in [-0.4, -0.2) is 50.5 Å². The Morgan fingerprint density at radius 1 is 0.947 bits per heavy atom. The van der Waals surface area contributed by atoms with Crippen molar-refractivity contribution in [2.75, 3.05) is 23.7 Å². The Balaban J connectivity index is 2.04. The number of sulfonamides is 1. The van der Waals surface area contributed by atoms with Crippen LogP contribution < -0.4 is 9.62 Å². The minimum absolute atomic E-state index is 0.173. The molecule has 0 fully saturated rings. The molecule has 0 aliphatic carbocycles. The number of nitrogens with zero attached hydrogens (tertiary/aromatic N) is 2. The number of carbonyl (C=O) groups is 2. The van der Waals surface area contributed by atoms with Gasteiger partial charge in [0, 0.05) is 23.1 Å². The van der Waals surface area contributed by atoms with Crippen LogP contribution in [0.3, 0.4) is 0 Å². The molecule has 0 bridgehead atoms. The van der Waals surface area contributed by atoms with E-state index in [0.29, 0.717) is 18.7 Å². The predicted octanol–water partition coefficient (Wildman–Crippen LogP) is 4.53. The third kappa shape index (κ3) is 8.29. The van der Waals surface area contributed by atoms with Gasteiger partial charge in [-0.15, -0.1) is 0 Å². The quantitative estimate of drug-likeness (QED) is 0.293. The first-order chi connectivity index (χ1) is 18.1. The van der Waals surface area contributed by atoms with Crippen molar-refractivity contribution in [1.29, 1.82) is 0 Å². The standard InChI is InChI=1S/C29H34IN3O4S/c1-4-18-31-29(35)27(19-23-11-6-5-7-12-23)32(20-24-13-9-8-10-22(24)2)28(34)21-33(38(3,36)37)26-16-14-25(30)15-17-26/h5-17,27H,4,18-21H2,1-3H3,(H,31,35). The zero-order valence-electron chi connectivity index (χ0n) is 21.9. The molecule has 1 unspecified atom stereocenters. The molecule has 0 aromatic heterocycles. The average molecular weight is 648 g/mol. The molecule has 0 aliphatic heterocycles. The first-order valence-corrected chi connectivity index (χ1v) is 15.4. The van der Waals surface area contributed by atoms with Gasteiger partial charge in [-0.05, 0) is 76.9 Å². The third-order valence-corrected chi connectivity index (χ3v) is 8.08. The molecule has 3 aromatic carbocycles. The fourth-order valence-corrected chi connectivity index (χ4v) is 5.32. The SMILES string of the molecule is CCCNC(=O)C(Cc1ccccc1)N(Cc1ccccc1C)C(=O)CN(c1ccc(I)cc1)S(C)(=O)=O. The summed E-state index contributed by atoms with van der Waals surface area (Å²) in [5.74, 6) is -0.720. The summed E-state index contributed by atoms with van der Waals surface area (Å²) in [7, 11) is -3.78. The number of benzene rings is 3. The van der Waals surface area contributed by atoms with Crippen molar-refractivity contribution >= 4 is 50.1 Å². The Bertz CT molecular complexity index is 1330. The number of hydrogen-bond acceptors (Lipinski definition) is 4. The Hall–Kier alpha value is -2.92. The highest BCUT2D eigenvalue weighted by atomic mass is 127. The topological polar surface area (TPSA) is 86.8 Å². The molecular formula is C29H34IN3O4S. The first-order valence-electron chi connectivity index (χ1n) is 12.5. The van der Waals surface area contributed by atoms with Crippen molar-refractivity contribution in [2.24, 2.45) is 0 Å². The number of anilines is 1. The van der Waals surface area contributed by atoms with E-state index in [1.54, 1.807) is 24.3 Å². The lowest BCUT2D eigenvalue weighted by molar-refractivity contribution is -0.140. The van der Waals surface area contributed by atoms with Gasteiger partial charge >= 0.3 is 0 Å². The molecule has 1 N–H and O–H groups in total. The van der Waals surface area contributed by atoms with Gasteiger partial charge in [0.15, 0.2) is 0 Å². The Morgan fingerprint density at radius 2 is 1.58 bits per heavy atom. The monoisotopic (exact) mass is 647 g/mol. The Kier molecular flexibility index (Phi) is 10.7. The van der Waals surface area contributed by atoms with E-state index in [1.807, 2.05) is 68.4 Å². The summed E-state index contributed by atoms with van der Waals surface area (Å²) in [6.07, 6.45) is 2.14. The molecule has 38 heavy (non-hydrogen) atoms. The van der Waals surface area contributed by atoms with Crippen molar-refractivity contribution in [1.82, 2.24) is 10.2 Å². The summed E-state index contributed by atoms with van der Waals surface area (Å²) >= 11 is 2.14. The van der Waals surface area contributed by atoms with Gasteiger partial charge < -0.3 is 10.2 Å². The van der Waals surface area contributed by atoms with E-state index in [0.717, 1.165) is 37.2 Å². The van der Waals surface area contributed by atoms with Gasteiger partial charge in [-0.1, -0.05) is 61.5 Å². The van der Waals surface area contributed by atoms with Crippen LogP contribution in [0.15, 0.2) is 78.9 Å². The smallest absolute Gasteiger partial charge is 0.244 e. The minimum Gasteiger partial charge on any atom is -0.354 e. The van der Waals surface area contributed by atoms with Gasteiger partial charge in [0.05, 0.1) is 11.9 Å². The number of aryl methyl sites for hydroxylation is 1. The molecule has 0 heterocycles. The van der Waals surface area contributed by atoms with Crippen molar-refractivity contribution in [3.05, 3.63) is 99.1 Å². The Labute approximate surface area is 239 Å². The van der Waals surface area contributed by atoms with Crippen molar-refractivity contribution in [2.45, 2.75) is 39.3 Å². The van der Waals surface area contributed by atoms with E-state index >= 15 is 0 Å². The lowest BCUT2D eigenvalue weighted by Crippen LogP contribution is -2.53. The second-order valence-electron chi connectivity index (χ2n) is 9.19. The molecule has 0 saturated carbocycles. The fourth-order valence-electron chi connectivity index (χ4n) is 4.11. The molecule has 3 rings (SSSR count). The molecule has 9 heteroatoms. The molecule has 0 saturated heterocycles. The molecule has 2 amide bonds. The van der Waals surface area contributed by atoms with Crippen LogP contribution in [0.25, 0.3) is 0 Å². The highest BCUT2D eigenvalue weighted by molar-refractivity contribution is 14.1. The molecule has 0 aliphatic rings. The lowest BCUT2D eigenvalue weighted by Gasteiger charge is -2.34.